The average molecular weight is 291 g/mol. The molecule has 0 unspecified atom stereocenters. The van der Waals surface area contributed by atoms with E-state index in [2.05, 4.69) is 6.07 Å². The fourth-order valence-electron chi connectivity index (χ4n) is 2.82. The van der Waals surface area contributed by atoms with E-state index in [9.17, 15) is 9.90 Å². The smallest absolute Gasteiger partial charge is 0.411 e. The lowest BCUT2D eigenvalue weighted by Crippen LogP contribution is -2.55. The molecular weight excluding hydrogens is 266 g/mol. The van der Waals surface area contributed by atoms with Crippen LogP contribution >= 0.6 is 0 Å². The fraction of sp³-hybridized carbons (Fsp3) is 0.588. The van der Waals surface area contributed by atoms with Gasteiger partial charge in [-0.25, -0.2) is 4.79 Å². The number of nitrogens with zero attached hydrogens (tertiary/aromatic N) is 1. The molecule has 4 nitrogen and oxygen atoms in total. The number of fused-ring (bicyclic) bond motifs is 1. The molecule has 0 fully saturated rings. The first-order valence-electron chi connectivity index (χ1n) is 7.43. The van der Waals surface area contributed by atoms with E-state index < -0.39 is 11.1 Å². The van der Waals surface area contributed by atoms with Crippen molar-refractivity contribution in [3.05, 3.63) is 35.4 Å². The molecule has 1 aromatic carbocycles. The van der Waals surface area contributed by atoms with Crippen LogP contribution in [0.3, 0.4) is 0 Å². The van der Waals surface area contributed by atoms with Crippen LogP contribution in [0.5, 0.6) is 0 Å². The van der Waals surface area contributed by atoms with E-state index in [1.807, 2.05) is 45.9 Å². The van der Waals surface area contributed by atoms with Crippen molar-refractivity contribution in [2.24, 2.45) is 0 Å². The van der Waals surface area contributed by atoms with Gasteiger partial charge in [-0.2, -0.15) is 0 Å². The Labute approximate surface area is 126 Å². The molecule has 1 atom stereocenters. The molecule has 116 valence electrons. The van der Waals surface area contributed by atoms with Crippen LogP contribution in [0.1, 0.15) is 45.2 Å². The topological polar surface area (TPSA) is 49.8 Å². The lowest BCUT2D eigenvalue weighted by Gasteiger charge is -2.45. The summed E-state index contributed by atoms with van der Waals surface area (Å²) < 4.78 is 5.54. The Morgan fingerprint density at radius 2 is 1.95 bits per heavy atom. The molecule has 0 spiro atoms. The average Bonchev–Trinajstić information content (AvgIpc) is 2.35. The van der Waals surface area contributed by atoms with Gasteiger partial charge in [0.15, 0.2) is 0 Å². The van der Waals surface area contributed by atoms with Gasteiger partial charge >= 0.3 is 6.09 Å². The van der Waals surface area contributed by atoms with E-state index in [1.165, 1.54) is 5.56 Å². The summed E-state index contributed by atoms with van der Waals surface area (Å²) in [6.45, 7) is 8.20. The number of aliphatic hydroxyl groups excluding tert-OH is 1. The summed E-state index contributed by atoms with van der Waals surface area (Å²) >= 11 is 0. The minimum atomic E-state index is -0.520. The summed E-state index contributed by atoms with van der Waals surface area (Å²) in [7, 11) is 0. The molecule has 1 aliphatic heterocycles. The van der Waals surface area contributed by atoms with Gasteiger partial charge in [-0.3, -0.25) is 4.90 Å². The maximum Gasteiger partial charge on any atom is 0.411 e. The SMILES string of the molecule is CC(C)(C)OC(=O)N1Cc2ccccc2C[C@]1(C)CCO. The minimum Gasteiger partial charge on any atom is -0.444 e. The number of aliphatic hydroxyl groups is 1. The van der Waals surface area contributed by atoms with Gasteiger partial charge in [-0.15, -0.1) is 0 Å². The van der Waals surface area contributed by atoms with E-state index in [1.54, 1.807) is 4.90 Å². The molecule has 0 aliphatic carbocycles. The van der Waals surface area contributed by atoms with Crippen LogP contribution in [-0.4, -0.2) is 33.8 Å². The molecule has 0 bridgehead atoms. The quantitative estimate of drug-likeness (QED) is 0.910. The maximum absolute atomic E-state index is 12.5. The molecular formula is C17H25NO3. The summed E-state index contributed by atoms with van der Waals surface area (Å²) in [4.78, 5) is 14.3. The van der Waals surface area contributed by atoms with Crippen LogP contribution in [0.15, 0.2) is 24.3 Å². The normalized spacial score (nSPS) is 21.9. The summed E-state index contributed by atoms with van der Waals surface area (Å²) in [5.41, 5.74) is 1.46. The first kappa shape index (κ1) is 15.8. The van der Waals surface area contributed by atoms with E-state index >= 15 is 0 Å². The summed E-state index contributed by atoms with van der Waals surface area (Å²) in [6, 6.07) is 8.14. The van der Waals surface area contributed by atoms with Crippen LogP contribution in [-0.2, 0) is 17.7 Å². The third-order valence-electron chi connectivity index (χ3n) is 3.93. The van der Waals surface area contributed by atoms with Gasteiger partial charge in [0.05, 0.1) is 5.54 Å². The van der Waals surface area contributed by atoms with Gasteiger partial charge in [0.1, 0.15) is 5.60 Å². The number of hydrogen-bond donors (Lipinski definition) is 1. The standard InChI is InChI=1S/C17H25NO3/c1-16(2,3)21-15(20)18-12-14-8-6-5-7-13(14)11-17(18,4)9-10-19/h5-8,19H,9-12H2,1-4H3/t17-/m0/s1. The number of carbonyl (C=O) groups excluding carboxylic acids is 1. The maximum atomic E-state index is 12.5. The van der Waals surface area contributed by atoms with Crippen molar-refractivity contribution in [1.82, 2.24) is 4.90 Å². The van der Waals surface area contributed by atoms with Crippen LogP contribution in [0.25, 0.3) is 0 Å². The first-order chi connectivity index (χ1) is 9.75. The third kappa shape index (κ3) is 3.56. The molecule has 1 aliphatic rings. The predicted molar refractivity (Wildman–Crippen MR) is 82.0 cm³/mol. The molecule has 21 heavy (non-hydrogen) atoms. The highest BCUT2D eigenvalue weighted by Crippen LogP contribution is 2.34. The number of rotatable bonds is 2. The summed E-state index contributed by atoms with van der Waals surface area (Å²) in [6.07, 6.45) is 0.969. The Morgan fingerprint density at radius 1 is 1.33 bits per heavy atom. The Balaban J connectivity index is 2.31. The van der Waals surface area contributed by atoms with E-state index in [0.717, 1.165) is 12.0 Å². The van der Waals surface area contributed by atoms with Crippen LogP contribution in [0.2, 0.25) is 0 Å². The van der Waals surface area contributed by atoms with Gasteiger partial charge in [0.25, 0.3) is 0 Å². The number of hydrogen-bond acceptors (Lipinski definition) is 3. The fourth-order valence-corrected chi connectivity index (χ4v) is 2.82. The Morgan fingerprint density at radius 3 is 2.52 bits per heavy atom. The molecule has 0 radical (unpaired) electrons. The third-order valence-corrected chi connectivity index (χ3v) is 3.93. The molecule has 0 saturated carbocycles. The molecule has 1 heterocycles. The van der Waals surface area contributed by atoms with Crippen LogP contribution < -0.4 is 0 Å². The monoisotopic (exact) mass is 291 g/mol. The van der Waals surface area contributed by atoms with E-state index in [-0.39, 0.29) is 12.7 Å². The van der Waals surface area contributed by atoms with Crippen molar-refractivity contribution in [2.45, 2.75) is 58.2 Å². The highest BCUT2D eigenvalue weighted by molar-refractivity contribution is 5.70. The van der Waals surface area contributed by atoms with Crippen LogP contribution in [0, 0.1) is 0 Å². The molecule has 0 saturated heterocycles. The van der Waals surface area contributed by atoms with E-state index in [0.29, 0.717) is 13.0 Å². The zero-order valence-corrected chi connectivity index (χ0v) is 13.3. The lowest BCUT2D eigenvalue weighted by molar-refractivity contribution is -0.0119. The number of amides is 1. The molecule has 1 aromatic rings. The van der Waals surface area contributed by atoms with Crippen LogP contribution in [0.4, 0.5) is 4.79 Å². The van der Waals surface area contributed by atoms with Gasteiger partial charge < -0.3 is 9.84 Å². The van der Waals surface area contributed by atoms with Gasteiger partial charge in [0.2, 0.25) is 0 Å². The predicted octanol–water partition coefficient (Wildman–Crippen LogP) is 3.12. The van der Waals surface area contributed by atoms with Crippen molar-refractivity contribution in [3.63, 3.8) is 0 Å². The van der Waals surface area contributed by atoms with Gasteiger partial charge in [-0.1, -0.05) is 24.3 Å². The summed E-state index contributed by atoms with van der Waals surface area (Å²) in [5.74, 6) is 0. The number of benzene rings is 1. The zero-order valence-electron chi connectivity index (χ0n) is 13.3. The largest absolute Gasteiger partial charge is 0.444 e. The zero-order chi connectivity index (χ0) is 15.7. The molecule has 1 amide bonds. The highest BCUT2D eigenvalue weighted by atomic mass is 16.6. The first-order valence-corrected chi connectivity index (χ1v) is 7.43. The number of ether oxygens (including phenoxy) is 1. The van der Waals surface area contributed by atoms with E-state index in [4.69, 9.17) is 4.74 Å². The van der Waals surface area contributed by atoms with Crippen molar-refractivity contribution in [2.75, 3.05) is 6.61 Å². The second-order valence-electron chi connectivity index (χ2n) is 6.98. The Hall–Kier alpha value is -1.55. The van der Waals surface area contributed by atoms with Crippen molar-refractivity contribution >= 4 is 6.09 Å². The van der Waals surface area contributed by atoms with Crippen molar-refractivity contribution in [3.8, 4) is 0 Å². The Bertz CT molecular complexity index is 521. The lowest BCUT2D eigenvalue weighted by atomic mass is 9.82. The highest BCUT2D eigenvalue weighted by Gasteiger charge is 2.41. The number of carbonyl (C=O) groups is 1. The minimum absolute atomic E-state index is 0.0535. The van der Waals surface area contributed by atoms with Gasteiger partial charge in [-0.05, 0) is 51.7 Å². The molecule has 4 heteroatoms. The van der Waals surface area contributed by atoms with Crippen molar-refractivity contribution in [1.29, 1.82) is 0 Å². The second kappa shape index (κ2) is 5.68. The second-order valence-corrected chi connectivity index (χ2v) is 6.98. The Kier molecular flexibility index (Phi) is 4.28. The molecule has 2 rings (SSSR count). The summed E-state index contributed by atoms with van der Waals surface area (Å²) in [5, 5.41) is 9.39. The van der Waals surface area contributed by atoms with Gasteiger partial charge in [0, 0.05) is 13.2 Å². The molecule has 0 aromatic heterocycles. The molecule has 1 N–H and O–H groups in total. The van der Waals surface area contributed by atoms with Crippen molar-refractivity contribution < 1.29 is 14.6 Å².